The second kappa shape index (κ2) is 4.69. The third-order valence-corrected chi connectivity index (χ3v) is 1.10. The zero-order valence-electron chi connectivity index (χ0n) is 7.30. The number of halogens is 3. The molecular weight excluding hydrogens is 183 g/mol. The first-order chi connectivity index (χ1) is 5.93. The van der Waals surface area contributed by atoms with Crippen LogP contribution < -0.4 is 0 Å². The SMILES string of the molecule is C/C=C\N(/C=C/C)C(=O)C(F)(F)F. The van der Waals surface area contributed by atoms with Gasteiger partial charge in [0.2, 0.25) is 0 Å². The van der Waals surface area contributed by atoms with Crippen LogP contribution in [0.4, 0.5) is 13.2 Å². The van der Waals surface area contributed by atoms with Gasteiger partial charge in [0.25, 0.3) is 0 Å². The molecule has 0 aliphatic carbocycles. The molecule has 0 bridgehead atoms. The number of hydrogen-bond donors (Lipinski definition) is 0. The van der Waals surface area contributed by atoms with E-state index in [1.807, 2.05) is 0 Å². The van der Waals surface area contributed by atoms with Crippen molar-refractivity contribution in [2.45, 2.75) is 20.0 Å². The summed E-state index contributed by atoms with van der Waals surface area (Å²) in [5, 5.41) is 0. The Bertz CT molecular complexity index is 218. The molecule has 13 heavy (non-hydrogen) atoms. The fourth-order valence-corrected chi connectivity index (χ4v) is 0.653. The molecule has 0 saturated carbocycles. The van der Waals surface area contributed by atoms with Crippen molar-refractivity contribution in [1.29, 1.82) is 0 Å². The molecule has 0 N–H and O–H groups in total. The third kappa shape index (κ3) is 3.78. The van der Waals surface area contributed by atoms with E-state index >= 15 is 0 Å². The van der Waals surface area contributed by atoms with Crippen molar-refractivity contribution < 1.29 is 18.0 Å². The summed E-state index contributed by atoms with van der Waals surface area (Å²) in [7, 11) is 0. The second-order valence-electron chi connectivity index (χ2n) is 2.17. The minimum atomic E-state index is -4.83. The van der Waals surface area contributed by atoms with Gasteiger partial charge >= 0.3 is 12.1 Å². The number of allylic oxidation sites excluding steroid dienone is 2. The van der Waals surface area contributed by atoms with Gasteiger partial charge in [0.1, 0.15) is 0 Å². The molecule has 0 fully saturated rings. The highest BCUT2D eigenvalue weighted by atomic mass is 19.4. The maximum atomic E-state index is 11.9. The summed E-state index contributed by atoms with van der Waals surface area (Å²) >= 11 is 0. The van der Waals surface area contributed by atoms with Gasteiger partial charge in [-0.15, -0.1) is 0 Å². The van der Waals surface area contributed by atoms with E-state index in [1.165, 1.54) is 26.0 Å². The summed E-state index contributed by atoms with van der Waals surface area (Å²) < 4.78 is 35.7. The molecule has 0 aromatic heterocycles. The van der Waals surface area contributed by atoms with Gasteiger partial charge in [0.15, 0.2) is 0 Å². The summed E-state index contributed by atoms with van der Waals surface area (Å²) in [6.45, 7) is 3.06. The topological polar surface area (TPSA) is 20.3 Å². The summed E-state index contributed by atoms with van der Waals surface area (Å²) in [4.78, 5) is 11.1. The number of alkyl halides is 3. The largest absolute Gasteiger partial charge is 0.472 e. The molecule has 0 aliphatic heterocycles. The molecule has 0 heterocycles. The lowest BCUT2D eigenvalue weighted by molar-refractivity contribution is -0.180. The molecule has 0 unspecified atom stereocenters. The summed E-state index contributed by atoms with van der Waals surface area (Å²) in [6, 6.07) is 0. The maximum Gasteiger partial charge on any atom is 0.472 e. The quantitative estimate of drug-likeness (QED) is 0.659. The molecule has 0 saturated heterocycles. The first-order valence-corrected chi connectivity index (χ1v) is 3.58. The lowest BCUT2D eigenvalue weighted by atomic mass is 10.5. The van der Waals surface area contributed by atoms with Crippen LogP contribution in [0.25, 0.3) is 0 Å². The van der Waals surface area contributed by atoms with Crippen molar-refractivity contribution in [1.82, 2.24) is 4.90 Å². The van der Waals surface area contributed by atoms with Gasteiger partial charge in [-0.25, -0.2) is 0 Å². The highest BCUT2D eigenvalue weighted by Gasteiger charge is 2.41. The lowest BCUT2D eigenvalue weighted by Crippen LogP contribution is -2.34. The molecule has 0 aliphatic rings. The van der Waals surface area contributed by atoms with Crippen LogP contribution in [0.15, 0.2) is 24.6 Å². The number of hydrogen-bond acceptors (Lipinski definition) is 1. The van der Waals surface area contributed by atoms with Crippen LogP contribution in [0.2, 0.25) is 0 Å². The number of amides is 1. The van der Waals surface area contributed by atoms with Crippen LogP contribution in [0.5, 0.6) is 0 Å². The van der Waals surface area contributed by atoms with E-state index in [-0.39, 0.29) is 0 Å². The summed E-state index contributed by atoms with van der Waals surface area (Å²) in [6.07, 6.45) is -0.0298. The van der Waals surface area contributed by atoms with Crippen LogP contribution in [-0.2, 0) is 4.79 Å². The van der Waals surface area contributed by atoms with Gasteiger partial charge in [-0.1, -0.05) is 12.2 Å². The van der Waals surface area contributed by atoms with Gasteiger partial charge in [-0.05, 0) is 13.8 Å². The number of nitrogens with zero attached hydrogens (tertiary/aromatic N) is 1. The maximum absolute atomic E-state index is 11.9. The zero-order chi connectivity index (χ0) is 10.5. The molecule has 0 aromatic rings. The van der Waals surface area contributed by atoms with E-state index in [1.54, 1.807) is 0 Å². The van der Waals surface area contributed by atoms with Crippen LogP contribution in [0.3, 0.4) is 0 Å². The van der Waals surface area contributed by atoms with Gasteiger partial charge < -0.3 is 0 Å². The molecule has 5 heteroatoms. The normalized spacial score (nSPS) is 12.7. The Morgan fingerprint density at radius 1 is 1.15 bits per heavy atom. The molecule has 2 nitrogen and oxygen atoms in total. The molecule has 0 radical (unpaired) electrons. The van der Waals surface area contributed by atoms with Crippen LogP contribution in [-0.4, -0.2) is 17.0 Å². The Balaban J connectivity index is 4.66. The van der Waals surface area contributed by atoms with Gasteiger partial charge in [-0.2, -0.15) is 13.2 Å². The Labute approximate surface area is 74.3 Å². The highest BCUT2D eigenvalue weighted by Crippen LogP contribution is 2.18. The summed E-state index contributed by atoms with van der Waals surface area (Å²) in [5.41, 5.74) is 0. The first kappa shape index (κ1) is 11.7. The van der Waals surface area contributed by atoms with Crippen LogP contribution >= 0.6 is 0 Å². The van der Waals surface area contributed by atoms with Crippen LogP contribution in [0, 0.1) is 0 Å². The molecule has 0 atom stereocenters. The average Bonchev–Trinajstić information content (AvgIpc) is 2.01. The number of rotatable bonds is 2. The molecule has 74 valence electrons. The van der Waals surface area contributed by atoms with E-state index < -0.39 is 12.1 Å². The van der Waals surface area contributed by atoms with Crippen molar-refractivity contribution in [2.24, 2.45) is 0 Å². The highest BCUT2D eigenvalue weighted by molar-refractivity contribution is 5.83. The van der Waals surface area contributed by atoms with Gasteiger partial charge in [0, 0.05) is 12.4 Å². The van der Waals surface area contributed by atoms with Crippen molar-refractivity contribution in [3.63, 3.8) is 0 Å². The number of carbonyl (C=O) groups is 1. The zero-order valence-corrected chi connectivity index (χ0v) is 7.30. The van der Waals surface area contributed by atoms with E-state index in [0.29, 0.717) is 4.90 Å². The Morgan fingerprint density at radius 2 is 1.54 bits per heavy atom. The summed E-state index contributed by atoms with van der Waals surface area (Å²) in [5.74, 6) is -1.90. The fraction of sp³-hybridized carbons (Fsp3) is 0.375. The minimum absolute atomic E-state index is 0.486. The smallest absolute Gasteiger partial charge is 0.288 e. The van der Waals surface area contributed by atoms with Crippen molar-refractivity contribution in [2.75, 3.05) is 0 Å². The molecular formula is C8H10F3NO. The van der Waals surface area contributed by atoms with E-state index in [4.69, 9.17) is 0 Å². The van der Waals surface area contributed by atoms with Gasteiger partial charge in [-0.3, -0.25) is 9.69 Å². The second-order valence-corrected chi connectivity index (χ2v) is 2.17. The number of carbonyl (C=O) groups excluding carboxylic acids is 1. The Kier molecular flexibility index (Phi) is 4.23. The monoisotopic (exact) mass is 193 g/mol. The lowest BCUT2D eigenvalue weighted by Gasteiger charge is -2.14. The predicted octanol–water partition coefficient (Wildman–Crippen LogP) is 2.44. The van der Waals surface area contributed by atoms with Gasteiger partial charge in [0.05, 0.1) is 0 Å². The fourth-order valence-electron chi connectivity index (χ4n) is 0.653. The predicted molar refractivity (Wildman–Crippen MR) is 42.5 cm³/mol. The molecule has 0 rings (SSSR count). The van der Waals surface area contributed by atoms with E-state index in [9.17, 15) is 18.0 Å². The Morgan fingerprint density at radius 3 is 1.77 bits per heavy atom. The molecule has 0 spiro atoms. The average molecular weight is 193 g/mol. The first-order valence-electron chi connectivity index (χ1n) is 3.58. The third-order valence-electron chi connectivity index (χ3n) is 1.10. The standard InChI is InChI=1S/C8H10F3NO/c1-3-5-12(6-4-2)7(13)8(9,10)11/h3-6H,1-2H3/b5-3-,6-4+. The molecule has 0 aromatic carbocycles. The van der Waals surface area contributed by atoms with Crippen molar-refractivity contribution >= 4 is 5.91 Å². The molecule has 1 amide bonds. The van der Waals surface area contributed by atoms with Crippen molar-refractivity contribution in [3.05, 3.63) is 24.6 Å². The van der Waals surface area contributed by atoms with E-state index in [2.05, 4.69) is 0 Å². The van der Waals surface area contributed by atoms with E-state index in [0.717, 1.165) is 12.4 Å². The Hall–Kier alpha value is -1.26. The van der Waals surface area contributed by atoms with Crippen molar-refractivity contribution in [3.8, 4) is 0 Å². The van der Waals surface area contributed by atoms with Crippen LogP contribution in [0.1, 0.15) is 13.8 Å². The minimum Gasteiger partial charge on any atom is -0.288 e.